The van der Waals surface area contributed by atoms with Crippen molar-refractivity contribution in [2.75, 3.05) is 16.0 Å². The Balaban J connectivity index is 1.82. The van der Waals surface area contributed by atoms with E-state index in [1.807, 2.05) is 6.07 Å². The summed E-state index contributed by atoms with van der Waals surface area (Å²) in [5, 5.41) is 8.56. The highest BCUT2D eigenvalue weighted by Gasteiger charge is 2.08. The van der Waals surface area contributed by atoms with Crippen LogP contribution in [0.2, 0.25) is 0 Å². The first-order valence-electron chi connectivity index (χ1n) is 8.11. The number of hydrogen-bond acceptors (Lipinski definition) is 5. The number of amides is 1. The summed E-state index contributed by atoms with van der Waals surface area (Å²) in [6.07, 6.45) is 0. The van der Waals surface area contributed by atoms with Gasteiger partial charge in [0.05, 0.1) is 5.69 Å². The third-order valence-electron chi connectivity index (χ3n) is 3.49. The van der Waals surface area contributed by atoms with Crippen molar-refractivity contribution in [2.24, 2.45) is 0 Å². The summed E-state index contributed by atoms with van der Waals surface area (Å²) in [5.74, 6) is -0.923. The number of nitrogens with zero attached hydrogens (tertiary/aromatic N) is 2. The van der Waals surface area contributed by atoms with Crippen LogP contribution in [0.5, 0.6) is 0 Å². The molecule has 0 saturated heterocycles. The zero-order chi connectivity index (χ0) is 19.4. The lowest BCUT2D eigenvalue weighted by molar-refractivity contribution is -0.114. The second-order valence-corrected chi connectivity index (χ2v) is 5.85. The van der Waals surface area contributed by atoms with Crippen molar-refractivity contribution in [3.63, 3.8) is 0 Å². The van der Waals surface area contributed by atoms with Crippen LogP contribution in [-0.2, 0) is 4.79 Å². The molecule has 0 radical (unpaired) electrons. The van der Waals surface area contributed by atoms with Crippen LogP contribution >= 0.6 is 0 Å². The van der Waals surface area contributed by atoms with E-state index < -0.39 is 11.6 Å². The first kappa shape index (κ1) is 18.2. The Kier molecular flexibility index (Phi) is 5.25. The molecule has 1 aromatic heterocycles. The fourth-order valence-corrected chi connectivity index (χ4v) is 2.43. The molecule has 3 N–H and O–H groups in total. The molecule has 0 fully saturated rings. The minimum Gasteiger partial charge on any atom is -0.340 e. The summed E-state index contributed by atoms with van der Waals surface area (Å²) >= 11 is 0. The molecule has 0 unspecified atom stereocenters. The standard InChI is InChI=1S/C19H17F2N5O/c1-11-8-18(24-15-5-3-4-14(10-15)23-12(2)27)26-19(22-11)25-17-7-6-13(20)9-16(17)21/h3-10H,1-2H3,(H,23,27)(H2,22,24,25,26). The van der Waals surface area contributed by atoms with Gasteiger partial charge in [-0.05, 0) is 37.3 Å². The van der Waals surface area contributed by atoms with Crippen molar-refractivity contribution < 1.29 is 13.6 Å². The molecule has 1 amide bonds. The zero-order valence-corrected chi connectivity index (χ0v) is 14.7. The molecular weight excluding hydrogens is 352 g/mol. The average Bonchev–Trinajstić information content (AvgIpc) is 2.56. The maximum absolute atomic E-state index is 13.8. The Bertz CT molecular complexity index is 994. The summed E-state index contributed by atoms with van der Waals surface area (Å²) in [7, 11) is 0. The van der Waals surface area contributed by atoms with Gasteiger partial charge in [0.25, 0.3) is 0 Å². The molecule has 138 valence electrons. The van der Waals surface area contributed by atoms with E-state index in [9.17, 15) is 13.6 Å². The molecule has 0 saturated carbocycles. The van der Waals surface area contributed by atoms with Crippen molar-refractivity contribution in [1.29, 1.82) is 0 Å². The third-order valence-corrected chi connectivity index (χ3v) is 3.49. The maximum atomic E-state index is 13.8. The largest absolute Gasteiger partial charge is 0.340 e. The second-order valence-electron chi connectivity index (χ2n) is 5.85. The number of carbonyl (C=O) groups is 1. The Morgan fingerprint density at radius 3 is 2.48 bits per heavy atom. The number of anilines is 5. The first-order chi connectivity index (χ1) is 12.9. The van der Waals surface area contributed by atoms with Gasteiger partial charge in [0, 0.05) is 36.1 Å². The lowest BCUT2D eigenvalue weighted by Crippen LogP contribution is -2.06. The van der Waals surface area contributed by atoms with E-state index in [0.29, 0.717) is 22.9 Å². The SMILES string of the molecule is CC(=O)Nc1cccc(Nc2cc(C)nc(Nc3ccc(F)cc3F)n2)c1. The number of aromatic nitrogens is 2. The zero-order valence-electron chi connectivity index (χ0n) is 14.7. The second kappa shape index (κ2) is 7.77. The topological polar surface area (TPSA) is 78.9 Å². The number of carbonyl (C=O) groups excluding carboxylic acids is 1. The Labute approximate surface area is 154 Å². The number of halogens is 2. The van der Waals surface area contributed by atoms with Gasteiger partial charge in [0.15, 0.2) is 0 Å². The normalized spacial score (nSPS) is 10.4. The molecule has 8 heteroatoms. The summed E-state index contributed by atoms with van der Waals surface area (Å²) in [6.45, 7) is 3.20. The van der Waals surface area contributed by atoms with Gasteiger partial charge in [0.2, 0.25) is 11.9 Å². The van der Waals surface area contributed by atoms with Gasteiger partial charge in [-0.2, -0.15) is 4.98 Å². The van der Waals surface area contributed by atoms with E-state index in [-0.39, 0.29) is 17.5 Å². The van der Waals surface area contributed by atoms with E-state index in [4.69, 9.17) is 0 Å². The fourth-order valence-electron chi connectivity index (χ4n) is 2.43. The summed E-state index contributed by atoms with van der Waals surface area (Å²) < 4.78 is 26.9. The van der Waals surface area contributed by atoms with E-state index in [2.05, 4.69) is 25.9 Å². The van der Waals surface area contributed by atoms with Gasteiger partial charge in [-0.1, -0.05) is 6.07 Å². The molecule has 0 aliphatic rings. The smallest absolute Gasteiger partial charge is 0.229 e. The van der Waals surface area contributed by atoms with Crippen molar-refractivity contribution in [3.8, 4) is 0 Å². The van der Waals surface area contributed by atoms with Crippen LogP contribution in [0.15, 0.2) is 48.5 Å². The lowest BCUT2D eigenvalue weighted by Gasteiger charge is -2.11. The van der Waals surface area contributed by atoms with E-state index in [1.54, 1.807) is 31.2 Å². The molecular formula is C19H17F2N5O. The average molecular weight is 369 g/mol. The number of nitrogens with one attached hydrogen (secondary N) is 3. The molecule has 0 atom stereocenters. The molecule has 3 rings (SSSR count). The van der Waals surface area contributed by atoms with Crippen LogP contribution in [-0.4, -0.2) is 15.9 Å². The molecule has 0 spiro atoms. The molecule has 3 aromatic rings. The van der Waals surface area contributed by atoms with Crippen LogP contribution < -0.4 is 16.0 Å². The summed E-state index contributed by atoms with van der Waals surface area (Å²) in [6, 6.07) is 12.0. The molecule has 2 aromatic carbocycles. The van der Waals surface area contributed by atoms with Crippen molar-refractivity contribution >= 4 is 34.7 Å². The number of benzene rings is 2. The number of hydrogen-bond donors (Lipinski definition) is 3. The quantitative estimate of drug-likeness (QED) is 0.617. The molecule has 0 bridgehead atoms. The van der Waals surface area contributed by atoms with E-state index in [1.165, 1.54) is 13.0 Å². The third kappa shape index (κ3) is 4.97. The lowest BCUT2D eigenvalue weighted by atomic mass is 10.2. The monoisotopic (exact) mass is 369 g/mol. The fraction of sp³-hybridized carbons (Fsp3) is 0.105. The molecule has 27 heavy (non-hydrogen) atoms. The van der Waals surface area contributed by atoms with Gasteiger partial charge < -0.3 is 16.0 Å². The van der Waals surface area contributed by atoms with Gasteiger partial charge in [0.1, 0.15) is 17.5 Å². The van der Waals surface area contributed by atoms with Gasteiger partial charge in [-0.15, -0.1) is 0 Å². The van der Waals surface area contributed by atoms with Gasteiger partial charge in [-0.3, -0.25) is 4.79 Å². The van der Waals surface area contributed by atoms with Gasteiger partial charge >= 0.3 is 0 Å². The van der Waals surface area contributed by atoms with E-state index >= 15 is 0 Å². The van der Waals surface area contributed by atoms with Crippen LogP contribution in [0.4, 0.5) is 37.6 Å². The highest BCUT2D eigenvalue weighted by molar-refractivity contribution is 5.89. The molecule has 1 heterocycles. The summed E-state index contributed by atoms with van der Waals surface area (Å²) in [5.41, 5.74) is 2.07. The maximum Gasteiger partial charge on any atom is 0.229 e. The predicted molar refractivity (Wildman–Crippen MR) is 100 cm³/mol. The summed E-state index contributed by atoms with van der Waals surface area (Å²) in [4.78, 5) is 19.7. The Morgan fingerprint density at radius 2 is 1.74 bits per heavy atom. The van der Waals surface area contributed by atoms with Crippen molar-refractivity contribution in [1.82, 2.24) is 9.97 Å². The minimum atomic E-state index is -0.738. The minimum absolute atomic E-state index is 0.0700. The van der Waals surface area contributed by atoms with Crippen LogP contribution in [0.25, 0.3) is 0 Å². The number of aryl methyl sites for hydroxylation is 1. The van der Waals surface area contributed by atoms with Crippen LogP contribution in [0, 0.1) is 18.6 Å². The van der Waals surface area contributed by atoms with Crippen LogP contribution in [0.1, 0.15) is 12.6 Å². The first-order valence-corrected chi connectivity index (χ1v) is 8.11. The Hall–Kier alpha value is -3.55. The highest BCUT2D eigenvalue weighted by Crippen LogP contribution is 2.23. The van der Waals surface area contributed by atoms with Crippen LogP contribution in [0.3, 0.4) is 0 Å². The predicted octanol–water partition coefficient (Wildman–Crippen LogP) is 4.51. The van der Waals surface area contributed by atoms with Gasteiger partial charge in [-0.25, -0.2) is 13.8 Å². The molecule has 6 nitrogen and oxygen atoms in total. The highest BCUT2D eigenvalue weighted by atomic mass is 19.1. The number of rotatable bonds is 5. The van der Waals surface area contributed by atoms with Crippen molar-refractivity contribution in [3.05, 3.63) is 65.9 Å². The molecule has 0 aliphatic heterocycles. The molecule has 0 aliphatic carbocycles. The van der Waals surface area contributed by atoms with E-state index in [0.717, 1.165) is 12.1 Å². The van der Waals surface area contributed by atoms with Crippen molar-refractivity contribution in [2.45, 2.75) is 13.8 Å². The Morgan fingerprint density at radius 1 is 0.963 bits per heavy atom.